The molecule has 0 N–H and O–H groups in total. The van der Waals surface area contributed by atoms with Crippen molar-refractivity contribution in [3.8, 4) is 11.5 Å². The van der Waals surface area contributed by atoms with Crippen molar-refractivity contribution in [2.24, 2.45) is 0 Å². The number of hydrogen-bond acceptors (Lipinski definition) is 5. The summed E-state index contributed by atoms with van der Waals surface area (Å²) in [6.07, 6.45) is -0.360. The molecule has 2 aliphatic rings. The number of ether oxygens (including phenoxy) is 2. The summed E-state index contributed by atoms with van der Waals surface area (Å²) in [6.45, 7) is 2.59. The zero-order valence-electron chi connectivity index (χ0n) is 16.4. The molecule has 0 radical (unpaired) electrons. The lowest BCUT2D eigenvalue weighted by atomic mass is 10.0. The van der Waals surface area contributed by atoms with Crippen LogP contribution in [0.5, 0.6) is 11.5 Å². The number of amides is 2. The Morgan fingerprint density at radius 2 is 1.86 bits per heavy atom. The number of anilines is 2. The quantitative estimate of drug-likeness (QED) is 0.746. The Labute approximate surface area is 168 Å². The van der Waals surface area contributed by atoms with Crippen LogP contribution in [0.3, 0.4) is 0 Å². The van der Waals surface area contributed by atoms with Crippen LogP contribution >= 0.6 is 0 Å². The fourth-order valence-electron chi connectivity index (χ4n) is 3.61. The van der Waals surface area contributed by atoms with Gasteiger partial charge in [0.1, 0.15) is 18.1 Å². The minimum atomic E-state index is -0.553. The molecule has 2 aromatic rings. The van der Waals surface area contributed by atoms with Gasteiger partial charge in [-0.05, 0) is 37.3 Å². The van der Waals surface area contributed by atoms with Crippen LogP contribution in [-0.2, 0) is 9.59 Å². The Hall–Kier alpha value is -3.35. The lowest BCUT2D eigenvalue weighted by Gasteiger charge is -2.30. The van der Waals surface area contributed by atoms with Crippen molar-refractivity contribution in [3.63, 3.8) is 0 Å². The molecule has 1 unspecified atom stereocenters. The Morgan fingerprint density at radius 1 is 1.07 bits per heavy atom. The van der Waals surface area contributed by atoms with Crippen molar-refractivity contribution in [3.05, 3.63) is 48.0 Å². The molecule has 1 atom stereocenters. The van der Waals surface area contributed by atoms with Gasteiger partial charge in [-0.2, -0.15) is 0 Å². The first-order valence-corrected chi connectivity index (χ1v) is 9.59. The number of nitrogens with zero attached hydrogens (tertiary/aromatic N) is 2. The van der Waals surface area contributed by atoms with Gasteiger partial charge in [0.05, 0.1) is 17.9 Å². The highest BCUT2D eigenvalue weighted by Gasteiger charge is 2.30. The third-order valence-corrected chi connectivity index (χ3v) is 5.22. The van der Waals surface area contributed by atoms with Crippen molar-refractivity contribution in [2.75, 3.05) is 30.0 Å². The molecule has 0 bridgehead atoms. The molecule has 29 heavy (non-hydrogen) atoms. The molecule has 0 saturated carbocycles. The van der Waals surface area contributed by atoms with Gasteiger partial charge in [-0.25, -0.2) is 0 Å². The normalized spacial score (nSPS) is 17.7. The minimum absolute atomic E-state index is 0.0893. The largest absolute Gasteiger partial charge is 0.490 e. The van der Waals surface area contributed by atoms with E-state index in [4.69, 9.17) is 9.47 Å². The molecule has 7 heteroatoms. The van der Waals surface area contributed by atoms with E-state index < -0.39 is 6.10 Å². The third-order valence-electron chi connectivity index (χ3n) is 5.22. The monoisotopic (exact) mass is 394 g/mol. The summed E-state index contributed by atoms with van der Waals surface area (Å²) < 4.78 is 11.2. The Balaban J connectivity index is 1.45. The number of fused-ring (bicyclic) bond motifs is 2. The number of carbonyl (C=O) groups is 3. The summed E-state index contributed by atoms with van der Waals surface area (Å²) in [5.74, 6) is 0.814. The zero-order valence-corrected chi connectivity index (χ0v) is 16.4. The SMILES string of the molecule is CC1Oc2ccc(C(=O)CCC(=O)N3CCOc4ccccc43)cc2N(C)C1=O. The van der Waals surface area contributed by atoms with E-state index in [-0.39, 0.29) is 30.4 Å². The van der Waals surface area contributed by atoms with Gasteiger partial charge in [0, 0.05) is 25.5 Å². The third kappa shape index (κ3) is 3.55. The molecule has 2 heterocycles. The number of ketones is 1. The van der Waals surface area contributed by atoms with Crippen LogP contribution in [0.2, 0.25) is 0 Å². The first-order valence-electron chi connectivity index (χ1n) is 9.59. The summed E-state index contributed by atoms with van der Waals surface area (Å²) in [5, 5.41) is 0. The van der Waals surface area contributed by atoms with Gasteiger partial charge >= 0.3 is 0 Å². The predicted octanol–water partition coefficient (Wildman–Crippen LogP) is 2.82. The van der Waals surface area contributed by atoms with Gasteiger partial charge < -0.3 is 19.3 Å². The number of para-hydroxylation sites is 2. The van der Waals surface area contributed by atoms with Crippen molar-refractivity contribution in [1.29, 1.82) is 0 Å². The fourth-order valence-corrected chi connectivity index (χ4v) is 3.61. The molecule has 4 rings (SSSR count). The van der Waals surface area contributed by atoms with E-state index in [1.54, 1.807) is 37.1 Å². The van der Waals surface area contributed by atoms with Crippen LogP contribution in [0.15, 0.2) is 42.5 Å². The highest BCUT2D eigenvalue weighted by atomic mass is 16.5. The second-order valence-corrected chi connectivity index (χ2v) is 7.12. The van der Waals surface area contributed by atoms with E-state index in [1.165, 1.54) is 4.90 Å². The molecular formula is C22H22N2O5. The topological polar surface area (TPSA) is 76.2 Å². The molecule has 2 aromatic carbocycles. The van der Waals surface area contributed by atoms with Gasteiger partial charge in [-0.3, -0.25) is 14.4 Å². The first kappa shape index (κ1) is 19.0. The Kier molecular flexibility index (Phi) is 4.96. The molecule has 0 aromatic heterocycles. The highest BCUT2D eigenvalue weighted by molar-refractivity contribution is 6.04. The van der Waals surface area contributed by atoms with E-state index in [2.05, 4.69) is 0 Å². The Bertz CT molecular complexity index is 987. The maximum absolute atomic E-state index is 12.7. The molecule has 150 valence electrons. The van der Waals surface area contributed by atoms with Crippen LogP contribution < -0.4 is 19.3 Å². The lowest BCUT2D eigenvalue weighted by molar-refractivity contribution is -0.125. The lowest BCUT2D eigenvalue weighted by Crippen LogP contribution is -2.42. The maximum Gasteiger partial charge on any atom is 0.267 e. The number of carbonyl (C=O) groups excluding carboxylic acids is 3. The standard InChI is InChI=1S/C22H22N2O5/c1-14-22(27)23(2)17-13-15(7-9-20(17)29-14)18(25)8-10-21(26)24-11-12-28-19-6-4-3-5-16(19)24/h3-7,9,13-14H,8,10-12H2,1-2H3. The van der Waals surface area contributed by atoms with E-state index >= 15 is 0 Å². The van der Waals surface area contributed by atoms with E-state index in [0.29, 0.717) is 35.9 Å². The van der Waals surface area contributed by atoms with Crippen LogP contribution in [0.25, 0.3) is 0 Å². The molecular weight excluding hydrogens is 372 g/mol. The highest BCUT2D eigenvalue weighted by Crippen LogP contribution is 2.35. The minimum Gasteiger partial charge on any atom is -0.490 e. The number of benzene rings is 2. The summed E-state index contributed by atoms with van der Waals surface area (Å²) in [7, 11) is 1.66. The van der Waals surface area contributed by atoms with E-state index in [0.717, 1.165) is 5.69 Å². The van der Waals surface area contributed by atoms with Gasteiger partial charge in [0.15, 0.2) is 11.9 Å². The molecule has 0 aliphatic carbocycles. The molecule has 2 aliphatic heterocycles. The van der Waals surface area contributed by atoms with Crippen LogP contribution in [0, 0.1) is 0 Å². The van der Waals surface area contributed by atoms with E-state index in [9.17, 15) is 14.4 Å². The summed E-state index contributed by atoms with van der Waals surface area (Å²) >= 11 is 0. The smallest absolute Gasteiger partial charge is 0.267 e. The number of likely N-dealkylation sites (N-methyl/N-ethyl adjacent to an activating group) is 1. The van der Waals surface area contributed by atoms with Gasteiger partial charge in [0.25, 0.3) is 5.91 Å². The van der Waals surface area contributed by atoms with Gasteiger partial charge in [-0.1, -0.05) is 12.1 Å². The molecule has 2 amide bonds. The zero-order chi connectivity index (χ0) is 20.5. The Morgan fingerprint density at radius 3 is 2.69 bits per heavy atom. The summed E-state index contributed by atoms with van der Waals surface area (Å²) in [5.41, 5.74) is 1.75. The average Bonchev–Trinajstić information content (AvgIpc) is 2.75. The number of Topliss-reactive ketones (excluding diaryl/α,β-unsaturated/α-hetero) is 1. The maximum atomic E-state index is 12.7. The fraction of sp³-hybridized carbons (Fsp3) is 0.318. The average molecular weight is 394 g/mol. The number of rotatable bonds is 4. The predicted molar refractivity (Wildman–Crippen MR) is 108 cm³/mol. The van der Waals surface area contributed by atoms with Gasteiger partial charge in [-0.15, -0.1) is 0 Å². The summed E-state index contributed by atoms with van der Waals surface area (Å²) in [6, 6.07) is 12.4. The van der Waals surface area contributed by atoms with Crippen molar-refractivity contribution in [2.45, 2.75) is 25.9 Å². The molecule has 0 saturated heterocycles. The molecule has 0 spiro atoms. The van der Waals surface area contributed by atoms with Crippen molar-refractivity contribution >= 4 is 29.0 Å². The second-order valence-electron chi connectivity index (χ2n) is 7.12. The molecule has 7 nitrogen and oxygen atoms in total. The second kappa shape index (κ2) is 7.58. The first-order chi connectivity index (χ1) is 14.0. The van der Waals surface area contributed by atoms with Crippen molar-refractivity contribution in [1.82, 2.24) is 0 Å². The molecule has 0 fully saturated rings. The number of hydrogen-bond donors (Lipinski definition) is 0. The van der Waals surface area contributed by atoms with Crippen molar-refractivity contribution < 1.29 is 23.9 Å². The van der Waals surface area contributed by atoms with Crippen LogP contribution in [0.1, 0.15) is 30.1 Å². The van der Waals surface area contributed by atoms with Crippen LogP contribution in [-0.4, -0.2) is 43.9 Å². The summed E-state index contributed by atoms with van der Waals surface area (Å²) in [4.78, 5) is 40.7. The van der Waals surface area contributed by atoms with Crippen LogP contribution in [0.4, 0.5) is 11.4 Å². The van der Waals surface area contributed by atoms with Gasteiger partial charge in [0.2, 0.25) is 5.91 Å². The van der Waals surface area contributed by atoms with E-state index in [1.807, 2.05) is 24.3 Å².